The van der Waals surface area contributed by atoms with Crippen molar-refractivity contribution in [1.29, 1.82) is 0 Å². The highest BCUT2D eigenvalue weighted by Gasteiger charge is 2.09. The zero-order valence-electron chi connectivity index (χ0n) is 9.47. The van der Waals surface area contributed by atoms with E-state index < -0.39 is 0 Å². The van der Waals surface area contributed by atoms with Gasteiger partial charge in [0.25, 0.3) is 0 Å². The molecular formula is C12H15N3O. The van der Waals surface area contributed by atoms with Crippen molar-refractivity contribution in [3.8, 4) is 17.0 Å². The van der Waals surface area contributed by atoms with Crippen LogP contribution in [0.3, 0.4) is 0 Å². The highest BCUT2D eigenvalue weighted by molar-refractivity contribution is 5.64. The van der Waals surface area contributed by atoms with Gasteiger partial charge < -0.3 is 10.5 Å². The summed E-state index contributed by atoms with van der Waals surface area (Å²) in [5.41, 5.74) is 8.67. The van der Waals surface area contributed by atoms with Crippen molar-refractivity contribution in [2.24, 2.45) is 12.8 Å². The van der Waals surface area contributed by atoms with E-state index in [0.717, 1.165) is 22.6 Å². The van der Waals surface area contributed by atoms with E-state index in [4.69, 9.17) is 10.5 Å². The molecule has 84 valence electrons. The molecule has 2 aromatic rings. The first-order chi connectivity index (χ1) is 7.74. The molecular weight excluding hydrogens is 202 g/mol. The Labute approximate surface area is 94.6 Å². The van der Waals surface area contributed by atoms with Gasteiger partial charge in [-0.2, -0.15) is 5.10 Å². The number of rotatable bonds is 3. The normalized spacial score (nSPS) is 10.4. The minimum absolute atomic E-state index is 0.486. The third-order valence-corrected chi connectivity index (χ3v) is 2.47. The van der Waals surface area contributed by atoms with Gasteiger partial charge in [0.1, 0.15) is 5.75 Å². The molecule has 1 heterocycles. The predicted octanol–water partition coefficient (Wildman–Crippen LogP) is 1.55. The van der Waals surface area contributed by atoms with Gasteiger partial charge >= 0.3 is 0 Å². The molecule has 0 fully saturated rings. The molecule has 4 heteroatoms. The van der Waals surface area contributed by atoms with Crippen molar-refractivity contribution in [3.63, 3.8) is 0 Å². The van der Waals surface area contributed by atoms with Crippen LogP contribution < -0.4 is 10.5 Å². The topological polar surface area (TPSA) is 53.1 Å². The Bertz CT molecular complexity index is 491. The summed E-state index contributed by atoms with van der Waals surface area (Å²) in [4.78, 5) is 0. The number of nitrogens with zero attached hydrogens (tertiary/aromatic N) is 2. The molecule has 0 bridgehead atoms. The molecule has 0 saturated heterocycles. The second-order valence-corrected chi connectivity index (χ2v) is 3.61. The fraction of sp³-hybridized carbons (Fsp3) is 0.250. The summed E-state index contributed by atoms with van der Waals surface area (Å²) in [5.74, 6) is 0.825. The van der Waals surface area contributed by atoms with E-state index in [1.54, 1.807) is 11.8 Å². The smallest absolute Gasteiger partial charge is 0.119 e. The number of aromatic nitrogens is 2. The van der Waals surface area contributed by atoms with Crippen molar-refractivity contribution in [2.75, 3.05) is 7.11 Å². The van der Waals surface area contributed by atoms with Gasteiger partial charge in [-0.25, -0.2) is 0 Å². The average Bonchev–Trinajstić information content (AvgIpc) is 2.70. The minimum atomic E-state index is 0.486. The number of ether oxygens (including phenoxy) is 1. The van der Waals surface area contributed by atoms with Crippen LogP contribution in [0.15, 0.2) is 30.5 Å². The quantitative estimate of drug-likeness (QED) is 0.848. The summed E-state index contributed by atoms with van der Waals surface area (Å²) < 4.78 is 6.97. The molecule has 0 amide bonds. The van der Waals surface area contributed by atoms with Gasteiger partial charge in [0.15, 0.2) is 0 Å². The number of benzene rings is 1. The molecule has 0 unspecified atom stereocenters. The number of nitrogens with two attached hydrogens (primary N) is 1. The van der Waals surface area contributed by atoms with Crippen LogP contribution in [0.5, 0.6) is 5.75 Å². The molecule has 0 spiro atoms. The zero-order chi connectivity index (χ0) is 11.5. The van der Waals surface area contributed by atoms with Crippen LogP contribution in [0.25, 0.3) is 11.3 Å². The molecule has 0 atom stereocenters. The summed E-state index contributed by atoms with van der Waals surface area (Å²) in [6, 6.07) is 7.82. The van der Waals surface area contributed by atoms with E-state index in [9.17, 15) is 0 Å². The van der Waals surface area contributed by atoms with E-state index in [-0.39, 0.29) is 0 Å². The Kier molecular flexibility index (Phi) is 2.92. The van der Waals surface area contributed by atoms with Gasteiger partial charge in [-0.15, -0.1) is 0 Å². The summed E-state index contributed by atoms with van der Waals surface area (Å²) in [6.45, 7) is 0.486. The van der Waals surface area contributed by atoms with Crippen LogP contribution in [-0.2, 0) is 13.6 Å². The van der Waals surface area contributed by atoms with Gasteiger partial charge in [0, 0.05) is 30.9 Å². The van der Waals surface area contributed by atoms with Crippen LogP contribution in [-0.4, -0.2) is 16.9 Å². The number of aryl methyl sites for hydroxylation is 1. The first kappa shape index (κ1) is 10.7. The lowest BCUT2D eigenvalue weighted by Crippen LogP contribution is -1.96. The van der Waals surface area contributed by atoms with E-state index in [1.165, 1.54) is 0 Å². The van der Waals surface area contributed by atoms with Gasteiger partial charge in [-0.05, 0) is 12.1 Å². The maximum Gasteiger partial charge on any atom is 0.119 e. The van der Waals surface area contributed by atoms with Crippen LogP contribution in [0.2, 0.25) is 0 Å². The third-order valence-electron chi connectivity index (χ3n) is 2.47. The van der Waals surface area contributed by atoms with E-state index in [0.29, 0.717) is 6.54 Å². The van der Waals surface area contributed by atoms with E-state index >= 15 is 0 Å². The molecule has 0 saturated carbocycles. The van der Waals surface area contributed by atoms with Crippen molar-refractivity contribution in [1.82, 2.24) is 9.78 Å². The number of hydrogen-bond acceptors (Lipinski definition) is 3. The van der Waals surface area contributed by atoms with E-state index in [2.05, 4.69) is 5.10 Å². The maximum absolute atomic E-state index is 5.69. The molecule has 1 aromatic heterocycles. The van der Waals surface area contributed by atoms with Gasteiger partial charge in [0.05, 0.1) is 12.8 Å². The lowest BCUT2D eigenvalue weighted by Gasteiger charge is -2.03. The number of hydrogen-bond donors (Lipinski definition) is 1. The lowest BCUT2D eigenvalue weighted by atomic mass is 10.1. The Morgan fingerprint density at radius 3 is 2.94 bits per heavy atom. The molecule has 0 aliphatic rings. The third kappa shape index (κ3) is 1.92. The molecule has 2 N–H and O–H groups in total. The fourth-order valence-corrected chi connectivity index (χ4v) is 1.70. The standard InChI is InChI=1S/C12H15N3O/c1-15-8-10(7-13)12(14-15)9-4-3-5-11(6-9)16-2/h3-6,8H,7,13H2,1-2H3. The van der Waals surface area contributed by atoms with Crippen LogP contribution in [0.1, 0.15) is 5.56 Å². The van der Waals surface area contributed by atoms with Crippen LogP contribution in [0, 0.1) is 0 Å². The zero-order valence-corrected chi connectivity index (χ0v) is 9.47. The maximum atomic E-state index is 5.69. The van der Waals surface area contributed by atoms with E-state index in [1.807, 2.05) is 37.5 Å². The van der Waals surface area contributed by atoms with Crippen molar-refractivity contribution in [3.05, 3.63) is 36.0 Å². The Morgan fingerprint density at radius 2 is 2.25 bits per heavy atom. The van der Waals surface area contributed by atoms with Crippen molar-refractivity contribution >= 4 is 0 Å². The second-order valence-electron chi connectivity index (χ2n) is 3.61. The average molecular weight is 217 g/mol. The summed E-state index contributed by atoms with van der Waals surface area (Å²) in [7, 11) is 3.55. The first-order valence-corrected chi connectivity index (χ1v) is 5.11. The molecule has 2 rings (SSSR count). The molecule has 0 radical (unpaired) electrons. The largest absolute Gasteiger partial charge is 0.497 e. The monoisotopic (exact) mass is 217 g/mol. The second kappa shape index (κ2) is 4.37. The van der Waals surface area contributed by atoms with Crippen LogP contribution in [0.4, 0.5) is 0 Å². The summed E-state index contributed by atoms with van der Waals surface area (Å²) in [5, 5.41) is 4.41. The Morgan fingerprint density at radius 1 is 1.44 bits per heavy atom. The lowest BCUT2D eigenvalue weighted by molar-refractivity contribution is 0.415. The highest BCUT2D eigenvalue weighted by Crippen LogP contribution is 2.25. The Balaban J connectivity index is 2.48. The first-order valence-electron chi connectivity index (χ1n) is 5.11. The number of methoxy groups -OCH3 is 1. The molecule has 0 aliphatic heterocycles. The minimum Gasteiger partial charge on any atom is -0.497 e. The van der Waals surface area contributed by atoms with Crippen molar-refractivity contribution in [2.45, 2.75) is 6.54 Å². The summed E-state index contributed by atoms with van der Waals surface area (Å²) in [6.07, 6.45) is 1.94. The predicted molar refractivity (Wildman–Crippen MR) is 63.1 cm³/mol. The highest BCUT2D eigenvalue weighted by atomic mass is 16.5. The van der Waals surface area contributed by atoms with Gasteiger partial charge in [0.2, 0.25) is 0 Å². The summed E-state index contributed by atoms with van der Waals surface area (Å²) >= 11 is 0. The Hall–Kier alpha value is -1.81. The molecule has 4 nitrogen and oxygen atoms in total. The van der Waals surface area contributed by atoms with Gasteiger partial charge in [-0.1, -0.05) is 12.1 Å². The van der Waals surface area contributed by atoms with Crippen LogP contribution >= 0.6 is 0 Å². The molecule has 1 aromatic carbocycles. The fourth-order valence-electron chi connectivity index (χ4n) is 1.70. The van der Waals surface area contributed by atoms with Crippen molar-refractivity contribution < 1.29 is 4.74 Å². The SMILES string of the molecule is COc1cccc(-c2nn(C)cc2CN)c1. The van der Waals surface area contributed by atoms with Gasteiger partial charge in [-0.3, -0.25) is 4.68 Å². The molecule has 0 aliphatic carbocycles. The molecule has 16 heavy (non-hydrogen) atoms.